The van der Waals surface area contributed by atoms with Gasteiger partial charge in [0.05, 0.1) is 0 Å². The van der Waals surface area contributed by atoms with Crippen molar-refractivity contribution in [1.82, 2.24) is 9.97 Å². The van der Waals surface area contributed by atoms with Gasteiger partial charge in [-0.2, -0.15) is 0 Å². The van der Waals surface area contributed by atoms with Crippen molar-refractivity contribution >= 4 is 6.16 Å². The van der Waals surface area contributed by atoms with Gasteiger partial charge in [-0.05, 0) is 70.8 Å². The van der Waals surface area contributed by atoms with Gasteiger partial charge in [-0.15, -0.1) is 0 Å². The van der Waals surface area contributed by atoms with Crippen molar-refractivity contribution in [2.45, 2.75) is 13.2 Å². The van der Waals surface area contributed by atoms with E-state index in [4.69, 9.17) is 18.9 Å². The summed E-state index contributed by atoms with van der Waals surface area (Å²) >= 11 is 0. The van der Waals surface area contributed by atoms with Gasteiger partial charge in [-0.3, -0.25) is 0 Å². The standard InChI is InChI=1S/C37H28N2O5/c40-37(43-35-33(13-7-23-38-35)29-15-19-31(20-16-29)41-25-27-9-3-1-4-10-27)44-36-34(14-8-24-39-36)30-17-21-32(22-18-30)42-26-28-11-5-2-6-12-28/h1-24H,25-26H2. The van der Waals surface area contributed by atoms with Crippen LogP contribution in [0.3, 0.4) is 0 Å². The molecule has 0 aliphatic heterocycles. The van der Waals surface area contributed by atoms with E-state index in [1.807, 2.05) is 121 Å². The van der Waals surface area contributed by atoms with Crippen LogP contribution >= 0.6 is 0 Å². The van der Waals surface area contributed by atoms with Crippen LogP contribution in [0.1, 0.15) is 11.1 Å². The smallest absolute Gasteiger partial charge is 0.489 e. The molecule has 0 aliphatic rings. The van der Waals surface area contributed by atoms with Gasteiger partial charge in [0, 0.05) is 23.5 Å². The van der Waals surface area contributed by atoms with Gasteiger partial charge in [0.2, 0.25) is 11.8 Å². The zero-order valence-electron chi connectivity index (χ0n) is 23.7. The summed E-state index contributed by atoms with van der Waals surface area (Å²) in [6.45, 7) is 0.934. The zero-order valence-corrected chi connectivity index (χ0v) is 23.7. The summed E-state index contributed by atoms with van der Waals surface area (Å²) in [6, 6.07) is 42.1. The van der Waals surface area contributed by atoms with Gasteiger partial charge >= 0.3 is 6.16 Å². The third kappa shape index (κ3) is 7.27. The molecule has 0 amide bonds. The highest BCUT2D eigenvalue weighted by molar-refractivity contribution is 5.76. The molecule has 7 heteroatoms. The molecule has 0 radical (unpaired) electrons. The number of benzene rings is 4. The van der Waals surface area contributed by atoms with Crippen molar-refractivity contribution < 1.29 is 23.7 Å². The van der Waals surface area contributed by atoms with Gasteiger partial charge < -0.3 is 18.9 Å². The fourth-order valence-corrected chi connectivity index (χ4v) is 4.51. The van der Waals surface area contributed by atoms with E-state index in [0.717, 1.165) is 33.8 Å². The fourth-order valence-electron chi connectivity index (χ4n) is 4.51. The Labute approximate surface area is 255 Å². The zero-order chi connectivity index (χ0) is 30.0. The molecule has 2 heterocycles. The Morgan fingerprint density at radius 1 is 0.477 bits per heavy atom. The number of aromatic nitrogens is 2. The summed E-state index contributed by atoms with van der Waals surface area (Å²) in [5.74, 6) is 1.68. The number of nitrogens with zero attached hydrogens (tertiary/aromatic N) is 2. The Balaban J connectivity index is 1.11. The van der Waals surface area contributed by atoms with E-state index in [9.17, 15) is 4.79 Å². The topological polar surface area (TPSA) is 79.8 Å². The highest BCUT2D eigenvalue weighted by Crippen LogP contribution is 2.32. The first kappa shape index (κ1) is 28.2. The lowest BCUT2D eigenvalue weighted by Gasteiger charge is -2.12. The Kier molecular flexibility index (Phi) is 8.84. The van der Waals surface area contributed by atoms with Crippen LogP contribution in [-0.2, 0) is 13.2 Å². The van der Waals surface area contributed by atoms with Crippen molar-refractivity contribution in [2.24, 2.45) is 0 Å². The summed E-state index contributed by atoms with van der Waals surface area (Å²) in [7, 11) is 0. The second kappa shape index (κ2) is 13.8. The number of pyridine rings is 2. The third-order valence-electron chi connectivity index (χ3n) is 6.73. The highest BCUT2D eigenvalue weighted by Gasteiger charge is 2.17. The molecule has 6 rings (SSSR count). The number of carbonyl (C=O) groups is 1. The lowest BCUT2D eigenvalue weighted by atomic mass is 10.1. The van der Waals surface area contributed by atoms with Gasteiger partial charge in [-0.1, -0.05) is 84.9 Å². The Hall–Kier alpha value is -5.95. The monoisotopic (exact) mass is 580 g/mol. The summed E-state index contributed by atoms with van der Waals surface area (Å²) in [5.41, 5.74) is 5.04. The molecule has 0 fully saturated rings. The number of hydrogen-bond acceptors (Lipinski definition) is 7. The number of hydrogen-bond donors (Lipinski definition) is 0. The van der Waals surface area contributed by atoms with E-state index in [-0.39, 0.29) is 11.8 Å². The first-order chi connectivity index (χ1) is 21.7. The van der Waals surface area contributed by atoms with E-state index in [1.165, 1.54) is 0 Å². The van der Waals surface area contributed by atoms with Gasteiger partial charge in [0.15, 0.2) is 0 Å². The van der Waals surface area contributed by atoms with Crippen LogP contribution in [0.4, 0.5) is 4.79 Å². The predicted octanol–water partition coefficient (Wildman–Crippen LogP) is 8.55. The minimum absolute atomic E-state index is 0.118. The van der Waals surface area contributed by atoms with Crippen LogP contribution < -0.4 is 18.9 Å². The lowest BCUT2D eigenvalue weighted by molar-refractivity contribution is 0.148. The molecule has 6 aromatic rings. The first-order valence-electron chi connectivity index (χ1n) is 14.1. The molecule has 0 N–H and O–H groups in total. The minimum atomic E-state index is -0.949. The second-order valence-electron chi connectivity index (χ2n) is 9.76. The molecule has 0 aliphatic carbocycles. The molecule has 216 valence electrons. The summed E-state index contributed by atoms with van der Waals surface area (Å²) in [5, 5.41) is 0. The van der Waals surface area contributed by atoms with Crippen LogP contribution in [0.5, 0.6) is 23.3 Å². The molecule has 0 saturated carbocycles. The van der Waals surface area contributed by atoms with Crippen LogP contribution in [0.2, 0.25) is 0 Å². The van der Waals surface area contributed by atoms with Crippen molar-refractivity contribution in [1.29, 1.82) is 0 Å². The average molecular weight is 581 g/mol. The van der Waals surface area contributed by atoms with E-state index < -0.39 is 6.16 Å². The maximum Gasteiger partial charge on any atom is 0.522 e. The quantitative estimate of drug-likeness (QED) is 0.150. The maximum absolute atomic E-state index is 12.9. The van der Waals surface area contributed by atoms with Gasteiger partial charge in [0.1, 0.15) is 24.7 Å². The SMILES string of the molecule is O=C(Oc1ncccc1-c1ccc(OCc2ccccc2)cc1)Oc1ncccc1-c1ccc(OCc2ccccc2)cc1. The molecule has 4 aromatic carbocycles. The molecule has 2 aromatic heterocycles. The lowest BCUT2D eigenvalue weighted by Crippen LogP contribution is -2.16. The molecule has 0 atom stereocenters. The average Bonchev–Trinajstić information content (AvgIpc) is 3.08. The van der Waals surface area contributed by atoms with Crippen LogP contribution in [0, 0.1) is 0 Å². The van der Waals surface area contributed by atoms with Gasteiger partial charge in [-0.25, -0.2) is 14.8 Å². The van der Waals surface area contributed by atoms with Crippen molar-refractivity contribution in [3.05, 3.63) is 157 Å². The van der Waals surface area contributed by atoms with E-state index in [0.29, 0.717) is 24.3 Å². The Bertz CT molecular complexity index is 1680. The fraction of sp³-hybridized carbons (Fsp3) is 0.0541. The van der Waals surface area contributed by atoms with Crippen molar-refractivity contribution in [3.8, 4) is 45.5 Å². The molecular formula is C37H28N2O5. The summed E-state index contributed by atoms with van der Waals surface area (Å²) in [6.07, 6.45) is 2.16. The Morgan fingerprint density at radius 2 is 0.886 bits per heavy atom. The summed E-state index contributed by atoms with van der Waals surface area (Å²) in [4.78, 5) is 21.5. The van der Waals surface area contributed by atoms with Gasteiger partial charge in [0.25, 0.3) is 0 Å². The second-order valence-corrected chi connectivity index (χ2v) is 9.76. The number of rotatable bonds is 10. The summed E-state index contributed by atoms with van der Waals surface area (Å²) < 4.78 is 22.9. The highest BCUT2D eigenvalue weighted by atomic mass is 16.7. The number of carbonyl (C=O) groups excluding carboxylic acids is 1. The molecule has 0 saturated heterocycles. The molecular weight excluding hydrogens is 552 g/mol. The minimum Gasteiger partial charge on any atom is -0.489 e. The Morgan fingerprint density at radius 3 is 1.30 bits per heavy atom. The maximum atomic E-state index is 12.9. The number of ether oxygens (including phenoxy) is 4. The van der Waals surface area contributed by atoms with Crippen LogP contribution in [0.15, 0.2) is 146 Å². The third-order valence-corrected chi connectivity index (χ3v) is 6.73. The van der Waals surface area contributed by atoms with E-state index in [1.54, 1.807) is 24.5 Å². The molecule has 0 unspecified atom stereocenters. The first-order valence-corrected chi connectivity index (χ1v) is 14.1. The molecule has 7 nitrogen and oxygen atoms in total. The largest absolute Gasteiger partial charge is 0.522 e. The van der Waals surface area contributed by atoms with E-state index in [2.05, 4.69) is 9.97 Å². The van der Waals surface area contributed by atoms with Crippen LogP contribution in [-0.4, -0.2) is 16.1 Å². The molecule has 44 heavy (non-hydrogen) atoms. The van der Waals surface area contributed by atoms with E-state index >= 15 is 0 Å². The van der Waals surface area contributed by atoms with Crippen molar-refractivity contribution in [3.63, 3.8) is 0 Å². The van der Waals surface area contributed by atoms with Crippen molar-refractivity contribution in [2.75, 3.05) is 0 Å². The van der Waals surface area contributed by atoms with Crippen LogP contribution in [0.25, 0.3) is 22.3 Å². The molecule has 0 spiro atoms. The normalized spacial score (nSPS) is 10.5. The predicted molar refractivity (Wildman–Crippen MR) is 168 cm³/mol. The molecule has 0 bridgehead atoms.